The molecule has 0 bridgehead atoms. The molecule has 0 aliphatic rings. The maximum atomic E-state index is 12.3. The van der Waals surface area contributed by atoms with Crippen molar-refractivity contribution in [1.29, 1.82) is 0 Å². The van der Waals surface area contributed by atoms with Crippen LogP contribution in [0.4, 0.5) is 5.69 Å². The summed E-state index contributed by atoms with van der Waals surface area (Å²) in [6.07, 6.45) is 0.134. The Kier molecular flexibility index (Phi) is 4.79. The van der Waals surface area contributed by atoms with Crippen LogP contribution < -0.4 is 5.32 Å². The molecule has 0 spiro atoms. The van der Waals surface area contributed by atoms with Crippen LogP contribution in [0.5, 0.6) is 0 Å². The van der Waals surface area contributed by atoms with E-state index in [0.717, 1.165) is 10.9 Å². The normalized spacial score (nSPS) is 10.6. The molecule has 0 aliphatic carbocycles. The number of hydrogen-bond donors (Lipinski definition) is 1. The molecule has 2 amide bonds. The highest BCUT2D eigenvalue weighted by atomic mass is 16.5. The minimum absolute atomic E-state index is 0.00708. The molecule has 1 heterocycles. The van der Waals surface area contributed by atoms with Crippen LogP contribution in [-0.4, -0.2) is 28.9 Å². The Bertz CT molecular complexity index is 917. The Labute approximate surface area is 145 Å². The lowest BCUT2D eigenvalue weighted by atomic mass is 10.1. The van der Waals surface area contributed by atoms with Gasteiger partial charge in [0.1, 0.15) is 5.69 Å². The summed E-state index contributed by atoms with van der Waals surface area (Å²) in [6.45, 7) is 2.01. The Morgan fingerprint density at radius 3 is 2.76 bits per heavy atom. The van der Waals surface area contributed by atoms with Gasteiger partial charge < -0.3 is 14.7 Å². The summed E-state index contributed by atoms with van der Waals surface area (Å²) in [6, 6.07) is 14.9. The fourth-order valence-corrected chi connectivity index (χ4v) is 2.56. The van der Waals surface area contributed by atoms with Gasteiger partial charge >= 0.3 is 0 Å². The number of amides is 2. The summed E-state index contributed by atoms with van der Waals surface area (Å²) >= 11 is 0. The quantitative estimate of drug-likeness (QED) is 0.776. The van der Waals surface area contributed by atoms with E-state index in [2.05, 4.69) is 10.5 Å². The van der Waals surface area contributed by atoms with Gasteiger partial charge in [-0.2, -0.15) is 0 Å². The number of anilines is 1. The zero-order valence-electron chi connectivity index (χ0n) is 14.2. The van der Waals surface area contributed by atoms with Crippen molar-refractivity contribution < 1.29 is 14.1 Å². The van der Waals surface area contributed by atoms with Gasteiger partial charge in [0.25, 0.3) is 0 Å². The SMILES string of the molecule is CC(=O)N(C)Cc1cccc(NC(=O)Cc2noc3ccccc23)c1. The van der Waals surface area contributed by atoms with Crippen LogP contribution in [-0.2, 0) is 22.6 Å². The third-order valence-corrected chi connectivity index (χ3v) is 3.95. The molecule has 2 aromatic carbocycles. The summed E-state index contributed by atoms with van der Waals surface area (Å²) < 4.78 is 5.22. The van der Waals surface area contributed by atoms with Crippen LogP contribution in [0, 0.1) is 0 Å². The van der Waals surface area contributed by atoms with Crippen molar-refractivity contribution in [3.05, 3.63) is 59.8 Å². The third-order valence-electron chi connectivity index (χ3n) is 3.95. The lowest BCUT2D eigenvalue weighted by molar-refractivity contribution is -0.128. The Hall–Kier alpha value is -3.15. The van der Waals surface area contributed by atoms with Crippen LogP contribution in [0.15, 0.2) is 53.1 Å². The Morgan fingerprint density at radius 1 is 1.16 bits per heavy atom. The number of benzene rings is 2. The molecular formula is C19H19N3O3. The molecule has 0 unspecified atom stereocenters. The van der Waals surface area contributed by atoms with Crippen molar-refractivity contribution in [2.45, 2.75) is 19.9 Å². The first-order chi connectivity index (χ1) is 12.0. The van der Waals surface area contributed by atoms with E-state index in [-0.39, 0.29) is 18.2 Å². The zero-order chi connectivity index (χ0) is 17.8. The van der Waals surface area contributed by atoms with Gasteiger partial charge in [-0.05, 0) is 29.8 Å². The first-order valence-corrected chi connectivity index (χ1v) is 7.96. The smallest absolute Gasteiger partial charge is 0.230 e. The fourth-order valence-electron chi connectivity index (χ4n) is 2.56. The first-order valence-electron chi connectivity index (χ1n) is 7.96. The number of aromatic nitrogens is 1. The average Bonchev–Trinajstić information content (AvgIpc) is 2.98. The number of fused-ring (bicyclic) bond motifs is 1. The summed E-state index contributed by atoms with van der Waals surface area (Å²) in [4.78, 5) is 25.3. The van der Waals surface area contributed by atoms with E-state index in [1.807, 2.05) is 48.5 Å². The number of nitrogens with one attached hydrogen (secondary N) is 1. The molecule has 6 heteroatoms. The molecule has 1 aromatic heterocycles. The number of rotatable bonds is 5. The van der Waals surface area contributed by atoms with Crippen LogP contribution in [0.3, 0.4) is 0 Å². The highest BCUT2D eigenvalue weighted by Gasteiger charge is 2.12. The summed E-state index contributed by atoms with van der Waals surface area (Å²) in [7, 11) is 1.74. The zero-order valence-corrected chi connectivity index (χ0v) is 14.2. The maximum Gasteiger partial charge on any atom is 0.230 e. The van der Waals surface area contributed by atoms with Crippen molar-refractivity contribution in [2.24, 2.45) is 0 Å². The number of para-hydroxylation sites is 1. The summed E-state index contributed by atoms with van der Waals surface area (Å²) in [5, 5.41) is 7.68. The third kappa shape index (κ3) is 4.03. The molecule has 0 fully saturated rings. The van der Waals surface area contributed by atoms with Crippen molar-refractivity contribution in [3.63, 3.8) is 0 Å². The highest BCUT2D eigenvalue weighted by Crippen LogP contribution is 2.19. The molecule has 1 N–H and O–H groups in total. The standard InChI is InChI=1S/C19H19N3O3/c1-13(23)22(2)12-14-6-5-7-15(10-14)20-19(24)11-17-16-8-3-4-9-18(16)25-21-17/h3-10H,11-12H2,1-2H3,(H,20,24). The number of hydrogen-bond acceptors (Lipinski definition) is 4. The molecule has 3 rings (SSSR count). The molecule has 0 saturated heterocycles. The van der Waals surface area contributed by atoms with Crippen LogP contribution in [0.25, 0.3) is 11.0 Å². The first kappa shape index (κ1) is 16.7. The van der Waals surface area contributed by atoms with Crippen molar-refractivity contribution in [1.82, 2.24) is 10.1 Å². The Morgan fingerprint density at radius 2 is 1.96 bits per heavy atom. The van der Waals surface area contributed by atoms with Gasteiger partial charge in [0, 0.05) is 31.6 Å². The van der Waals surface area contributed by atoms with Crippen LogP contribution >= 0.6 is 0 Å². The van der Waals surface area contributed by atoms with E-state index in [4.69, 9.17) is 4.52 Å². The van der Waals surface area contributed by atoms with Gasteiger partial charge in [0.15, 0.2) is 5.58 Å². The Balaban J connectivity index is 1.68. The molecule has 0 atom stereocenters. The number of carbonyl (C=O) groups excluding carboxylic acids is 2. The van der Waals surface area contributed by atoms with Crippen molar-refractivity contribution in [2.75, 3.05) is 12.4 Å². The van der Waals surface area contributed by atoms with Gasteiger partial charge in [0.05, 0.1) is 6.42 Å². The van der Waals surface area contributed by atoms with E-state index in [0.29, 0.717) is 23.5 Å². The van der Waals surface area contributed by atoms with E-state index < -0.39 is 0 Å². The van der Waals surface area contributed by atoms with Crippen LogP contribution in [0.2, 0.25) is 0 Å². The number of carbonyl (C=O) groups is 2. The van der Waals surface area contributed by atoms with Gasteiger partial charge in [-0.3, -0.25) is 9.59 Å². The predicted octanol–water partition coefficient (Wildman–Crippen LogP) is 2.99. The second-order valence-corrected chi connectivity index (χ2v) is 5.93. The summed E-state index contributed by atoms with van der Waals surface area (Å²) in [5.74, 6) is -0.177. The van der Waals surface area contributed by atoms with E-state index in [1.165, 1.54) is 6.92 Å². The molecular weight excluding hydrogens is 318 g/mol. The van der Waals surface area contributed by atoms with Gasteiger partial charge in [0.2, 0.25) is 11.8 Å². The molecule has 6 nitrogen and oxygen atoms in total. The molecule has 3 aromatic rings. The monoisotopic (exact) mass is 337 g/mol. The minimum atomic E-state index is -0.170. The largest absolute Gasteiger partial charge is 0.356 e. The summed E-state index contributed by atoms with van der Waals surface area (Å²) in [5.41, 5.74) is 2.91. The molecule has 0 saturated carbocycles. The molecule has 0 radical (unpaired) electrons. The van der Waals surface area contributed by atoms with Gasteiger partial charge in [-0.1, -0.05) is 29.4 Å². The van der Waals surface area contributed by atoms with E-state index >= 15 is 0 Å². The second-order valence-electron chi connectivity index (χ2n) is 5.93. The lowest BCUT2D eigenvalue weighted by Crippen LogP contribution is -2.23. The lowest BCUT2D eigenvalue weighted by Gasteiger charge is -2.15. The average molecular weight is 337 g/mol. The molecule has 128 valence electrons. The fraction of sp³-hybridized carbons (Fsp3) is 0.211. The maximum absolute atomic E-state index is 12.3. The second kappa shape index (κ2) is 7.17. The highest BCUT2D eigenvalue weighted by molar-refractivity contribution is 5.94. The van der Waals surface area contributed by atoms with E-state index in [1.54, 1.807) is 11.9 Å². The van der Waals surface area contributed by atoms with Crippen molar-refractivity contribution in [3.8, 4) is 0 Å². The van der Waals surface area contributed by atoms with Gasteiger partial charge in [-0.15, -0.1) is 0 Å². The molecule has 0 aliphatic heterocycles. The number of nitrogens with zero attached hydrogens (tertiary/aromatic N) is 2. The van der Waals surface area contributed by atoms with Crippen LogP contribution in [0.1, 0.15) is 18.2 Å². The predicted molar refractivity (Wildman–Crippen MR) is 94.9 cm³/mol. The van der Waals surface area contributed by atoms with Crippen molar-refractivity contribution >= 4 is 28.5 Å². The minimum Gasteiger partial charge on any atom is -0.356 e. The van der Waals surface area contributed by atoms with Gasteiger partial charge in [-0.25, -0.2) is 0 Å². The molecule has 25 heavy (non-hydrogen) atoms. The van der Waals surface area contributed by atoms with E-state index in [9.17, 15) is 9.59 Å². The topological polar surface area (TPSA) is 75.4 Å².